The van der Waals surface area contributed by atoms with Crippen molar-refractivity contribution < 1.29 is 0 Å². The SMILES string of the molecule is c1ccc2cc(-c3c4ccccc4c(-c4ccc(-c5cn6cccnc6n5)cc4)c4ccccc34)ccc2c1. The molecule has 6 aromatic carbocycles. The summed E-state index contributed by atoms with van der Waals surface area (Å²) in [5.74, 6) is 0.706. The maximum absolute atomic E-state index is 4.70. The Morgan fingerprint density at radius 2 is 1.05 bits per heavy atom. The van der Waals surface area contributed by atoms with Crippen molar-refractivity contribution in [2.24, 2.45) is 0 Å². The van der Waals surface area contributed by atoms with Crippen molar-refractivity contribution in [1.29, 1.82) is 0 Å². The zero-order chi connectivity index (χ0) is 25.8. The molecule has 8 aromatic rings. The lowest BCUT2D eigenvalue weighted by molar-refractivity contribution is 1.11. The van der Waals surface area contributed by atoms with Crippen molar-refractivity contribution in [2.45, 2.75) is 0 Å². The molecule has 0 unspecified atom stereocenters. The Kier molecular flexibility index (Phi) is 4.82. The summed E-state index contributed by atoms with van der Waals surface area (Å²) in [6.45, 7) is 0. The Labute approximate surface area is 225 Å². The Morgan fingerprint density at radius 3 is 1.72 bits per heavy atom. The molecule has 8 rings (SSSR count). The summed E-state index contributed by atoms with van der Waals surface area (Å²) in [5, 5.41) is 7.54. The molecule has 0 aliphatic rings. The summed E-state index contributed by atoms with van der Waals surface area (Å²) in [6, 6.07) is 43.7. The smallest absolute Gasteiger partial charge is 0.234 e. The molecule has 2 heterocycles. The highest BCUT2D eigenvalue weighted by molar-refractivity contribution is 6.21. The van der Waals surface area contributed by atoms with Crippen LogP contribution in [0.2, 0.25) is 0 Å². The predicted octanol–water partition coefficient (Wildman–Crippen LogP) is 9.19. The summed E-state index contributed by atoms with van der Waals surface area (Å²) in [5.41, 5.74) is 6.97. The fourth-order valence-corrected chi connectivity index (χ4v) is 5.87. The quantitative estimate of drug-likeness (QED) is 0.228. The molecule has 3 heteroatoms. The maximum atomic E-state index is 4.70. The van der Waals surface area contributed by atoms with Gasteiger partial charge in [0.1, 0.15) is 0 Å². The summed E-state index contributed by atoms with van der Waals surface area (Å²) in [4.78, 5) is 9.07. The molecule has 182 valence electrons. The third kappa shape index (κ3) is 3.52. The van der Waals surface area contributed by atoms with Crippen molar-refractivity contribution in [3.05, 3.63) is 140 Å². The molecule has 0 fully saturated rings. The van der Waals surface area contributed by atoms with Gasteiger partial charge in [0.2, 0.25) is 5.78 Å². The van der Waals surface area contributed by atoms with E-state index in [-0.39, 0.29) is 0 Å². The topological polar surface area (TPSA) is 30.2 Å². The van der Waals surface area contributed by atoms with Crippen LogP contribution in [0.4, 0.5) is 0 Å². The van der Waals surface area contributed by atoms with Gasteiger partial charge in [-0.1, -0.05) is 109 Å². The highest BCUT2D eigenvalue weighted by Crippen LogP contribution is 2.44. The summed E-state index contributed by atoms with van der Waals surface area (Å²) in [7, 11) is 0. The van der Waals surface area contributed by atoms with Crippen molar-refractivity contribution in [2.75, 3.05) is 0 Å². The van der Waals surface area contributed by atoms with Crippen LogP contribution in [0.15, 0.2) is 140 Å². The van der Waals surface area contributed by atoms with Gasteiger partial charge in [-0.2, -0.15) is 0 Å². The highest BCUT2D eigenvalue weighted by atomic mass is 15.1. The van der Waals surface area contributed by atoms with Crippen LogP contribution in [0.3, 0.4) is 0 Å². The van der Waals surface area contributed by atoms with Crippen LogP contribution in [0.25, 0.3) is 71.6 Å². The summed E-state index contributed by atoms with van der Waals surface area (Å²) < 4.78 is 1.95. The van der Waals surface area contributed by atoms with E-state index in [2.05, 4.69) is 120 Å². The number of imidazole rings is 1. The van der Waals surface area contributed by atoms with E-state index in [0.29, 0.717) is 5.78 Å². The molecule has 0 atom stereocenters. The van der Waals surface area contributed by atoms with E-state index < -0.39 is 0 Å². The second kappa shape index (κ2) is 8.64. The Morgan fingerprint density at radius 1 is 0.487 bits per heavy atom. The molecule has 0 saturated heterocycles. The van der Waals surface area contributed by atoms with Gasteiger partial charge >= 0.3 is 0 Å². The normalized spacial score (nSPS) is 11.6. The minimum atomic E-state index is 0.706. The lowest BCUT2D eigenvalue weighted by Gasteiger charge is -2.18. The lowest BCUT2D eigenvalue weighted by Crippen LogP contribution is -1.91. The number of benzene rings is 6. The maximum Gasteiger partial charge on any atom is 0.234 e. The van der Waals surface area contributed by atoms with Gasteiger partial charge in [-0.3, -0.25) is 4.40 Å². The van der Waals surface area contributed by atoms with E-state index in [1.807, 2.05) is 22.9 Å². The van der Waals surface area contributed by atoms with E-state index in [0.717, 1.165) is 11.3 Å². The molecule has 0 aliphatic carbocycles. The number of rotatable bonds is 3. The number of hydrogen-bond acceptors (Lipinski definition) is 2. The van der Waals surface area contributed by atoms with Crippen LogP contribution < -0.4 is 0 Å². The average molecular weight is 498 g/mol. The van der Waals surface area contributed by atoms with Crippen molar-refractivity contribution in [3.8, 4) is 33.5 Å². The minimum absolute atomic E-state index is 0.706. The summed E-state index contributed by atoms with van der Waals surface area (Å²) >= 11 is 0. The second-order valence-corrected chi connectivity index (χ2v) is 9.93. The molecule has 0 amide bonds. The summed E-state index contributed by atoms with van der Waals surface area (Å²) in [6.07, 6.45) is 5.77. The van der Waals surface area contributed by atoms with Gasteiger partial charge in [0.25, 0.3) is 0 Å². The van der Waals surface area contributed by atoms with E-state index in [1.54, 1.807) is 6.20 Å². The predicted molar refractivity (Wildman–Crippen MR) is 162 cm³/mol. The first-order chi connectivity index (χ1) is 19.3. The standard InChI is InChI=1S/C36H23N3/c1-2-9-27-22-28(19-14-24(27)8-1)35-31-12-5-3-10-29(31)34(30-11-4-6-13-32(30)35)26-17-15-25(16-18-26)33-23-39-21-7-20-37-36(39)38-33/h1-23H. The Balaban J connectivity index is 1.35. The molecule has 0 N–H and O–H groups in total. The minimum Gasteiger partial charge on any atom is -0.291 e. The molecule has 0 radical (unpaired) electrons. The largest absolute Gasteiger partial charge is 0.291 e. The average Bonchev–Trinajstić information content (AvgIpc) is 3.44. The lowest BCUT2D eigenvalue weighted by atomic mass is 9.85. The van der Waals surface area contributed by atoms with Gasteiger partial charge < -0.3 is 0 Å². The monoisotopic (exact) mass is 497 g/mol. The molecular formula is C36H23N3. The highest BCUT2D eigenvalue weighted by Gasteiger charge is 2.17. The number of hydrogen-bond donors (Lipinski definition) is 0. The van der Waals surface area contributed by atoms with Crippen molar-refractivity contribution >= 4 is 38.1 Å². The molecule has 0 saturated carbocycles. The third-order valence-electron chi connectivity index (χ3n) is 7.67. The van der Waals surface area contributed by atoms with Gasteiger partial charge in [-0.15, -0.1) is 0 Å². The van der Waals surface area contributed by atoms with Crippen LogP contribution in [-0.2, 0) is 0 Å². The first kappa shape index (κ1) is 21.8. The zero-order valence-corrected chi connectivity index (χ0v) is 21.1. The van der Waals surface area contributed by atoms with Crippen LogP contribution >= 0.6 is 0 Å². The van der Waals surface area contributed by atoms with E-state index in [1.165, 1.54) is 54.6 Å². The fourth-order valence-electron chi connectivity index (χ4n) is 5.87. The van der Waals surface area contributed by atoms with Gasteiger partial charge in [-0.05, 0) is 66.7 Å². The molecule has 0 spiro atoms. The van der Waals surface area contributed by atoms with Gasteiger partial charge in [0, 0.05) is 24.2 Å². The van der Waals surface area contributed by atoms with Crippen molar-refractivity contribution in [1.82, 2.24) is 14.4 Å². The number of aromatic nitrogens is 3. The van der Waals surface area contributed by atoms with Gasteiger partial charge in [0.05, 0.1) is 5.69 Å². The van der Waals surface area contributed by atoms with Gasteiger partial charge in [0.15, 0.2) is 0 Å². The van der Waals surface area contributed by atoms with Gasteiger partial charge in [-0.25, -0.2) is 9.97 Å². The first-order valence-electron chi connectivity index (χ1n) is 13.2. The first-order valence-corrected chi connectivity index (χ1v) is 13.2. The number of fused-ring (bicyclic) bond motifs is 4. The molecule has 39 heavy (non-hydrogen) atoms. The van der Waals surface area contributed by atoms with Crippen LogP contribution in [-0.4, -0.2) is 14.4 Å². The van der Waals surface area contributed by atoms with E-state index in [4.69, 9.17) is 4.98 Å². The third-order valence-corrected chi connectivity index (χ3v) is 7.67. The zero-order valence-electron chi connectivity index (χ0n) is 21.1. The van der Waals surface area contributed by atoms with E-state index in [9.17, 15) is 0 Å². The Bertz CT molecular complexity index is 2080. The Hall–Kier alpha value is -5.28. The van der Waals surface area contributed by atoms with Crippen molar-refractivity contribution in [3.63, 3.8) is 0 Å². The molecule has 3 nitrogen and oxygen atoms in total. The molecular weight excluding hydrogens is 474 g/mol. The fraction of sp³-hybridized carbons (Fsp3) is 0. The van der Waals surface area contributed by atoms with Crippen LogP contribution in [0, 0.1) is 0 Å². The molecule has 0 bridgehead atoms. The second-order valence-electron chi connectivity index (χ2n) is 9.93. The number of nitrogens with zero attached hydrogens (tertiary/aromatic N) is 3. The van der Waals surface area contributed by atoms with Crippen LogP contribution in [0.1, 0.15) is 0 Å². The molecule has 0 aliphatic heterocycles. The van der Waals surface area contributed by atoms with Crippen LogP contribution in [0.5, 0.6) is 0 Å². The molecule has 2 aromatic heterocycles. The van der Waals surface area contributed by atoms with E-state index >= 15 is 0 Å².